The molecule has 0 saturated heterocycles. The summed E-state index contributed by atoms with van der Waals surface area (Å²) in [6.45, 7) is 5.59. The van der Waals surface area contributed by atoms with E-state index in [1.165, 1.54) is 4.90 Å². The Morgan fingerprint density at radius 2 is 2.16 bits per heavy atom. The minimum absolute atomic E-state index is 0.0920. The zero-order valence-electron chi connectivity index (χ0n) is 11.2. The summed E-state index contributed by atoms with van der Waals surface area (Å²) < 4.78 is 4.86. The van der Waals surface area contributed by atoms with Crippen molar-refractivity contribution in [2.24, 2.45) is 0 Å². The van der Waals surface area contributed by atoms with Gasteiger partial charge in [0.15, 0.2) is 5.82 Å². The fraction of sp³-hybridized carbons (Fsp3) is 0.636. The average molecular weight is 270 g/mol. The van der Waals surface area contributed by atoms with Crippen LogP contribution in [0.25, 0.3) is 0 Å². The van der Waals surface area contributed by atoms with E-state index in [1.54, 1.807) is 6.92 Å². The lowest BCUT2D eigenvalue weighted by molar-refractivity contribution is -0.137. The van der Waals surface area contributed by atoms with Crippen LogP contribution in [-0.2, 0) is 11.3 Å². The molecular weight excluding hydrogens is 252 g/mol. The van der Waals surface area contributed by atoms with E-state index in [1.807, 2.05) is 13.8 Å². The third-order valence-electron chi connectivity index (χ3n) is 2.41. The number of rotatable bonds is 6. The molecule has 1 heterocycles. The maximum Gasteiger partial charge on any atom is 0.318 e. The molecule has 0 unspecified atom stereocenters. The van der Waals surface area contributed by atoms with Gasteiger partial charge in [-0.15, -0.1) is 0 Å². The second-order valence-electron chi connectivity index (χ2n) is 4.32. The topological polar surface area (TPSA) is 109 Å². The van der Waals surface area contributed by atoms with Gasteiger partial charge in [0.1, 0.15) is 0 Å². The second-order valence-corrected chi connectivity index (χ2v) is 4.32. The zero-order valence-corrected chi connectivity index (χ0v) is 11.2. The lowest BCUT2D eigenvalue weighted by atomic mass is 10.3. The van der Waals surface area contributed by atoms with Crippen LogP contribution in [0.4, 0.5) is 4.79 Å². The Morgan fingerprint density at radius 3 is 2.63 bits per heavy atom. The van der Waals surface area contributed by atoms with E-state index in [0.717, 1.165) is 0 Å². The maximum atomic E-state index is 11.9. The number of carbonyl (C=O) groups excluding carboxylic acids is 1. The third kappa shape index (κ3) is 4.94. The summed E-state index contributed by atoms with van der Waals surface area (Å²) >= 11 is 0. The molecule has 0 aliphatic carbocycles. The molecular formula is C11H18N4O4. The molecule has 1 rings (SSSR count). The van der Waals surface area contributed by atoms with Crippen LogP contribution in [0.2, 0.25) is 0 Å². The van der Waals surface area contributed by atoms with E-state index < -0.39 is 5.97 Å². The number of amides is 2. The summed E-state index contributed by atoms with van der Waals surface area (Å²) in [4.78, 5) is 27.8. The Kier molecular flexibility index (Phi) is 5.28. The number of aromatic nitrogens is 2. The molecule has 2 amide bonds. The number of carboxylic acid groups (broad SMARTS) is 1. The Labute approximate surface area is 110 Å². The number of aliphatic carboxylic acids is 1. The van der Waals surface area contributed by atoms with Crippen LogP contribution in [0.3, 0.4) is 0 Å². The van der Waals surface area contributed by atoms with E-state index >= 15 is 0 Å². The molecule has 8 nitrogen and oxygen atoms in total. The number of nitrogens with one attached hydrogen (secondary N) is 1. The quantitative estimate of drug-likeness (QED) is 0.790. The number of carboxylic acids is 1. The highest BCUT2D eigenvalue weighted by molar-refractivity contribution is 5.75. The summed E-state index contributed by atoms with van der Waals surface area (Å²) in [6.07, 6.45) is -0.0920. The Morgan fingerprint density at radius 1 is 1.47 bits per heavy atom. The van der Waals surface area contributed by atoms with E-state index in [2.05, 4.69) is 15.5 Å². The first-order valence-electron chi connectivity index (χ1n) is 5.95. The van der Waals surface area contributed by atoms with Gasteiger partial charge in [-0.05, 0) is 20.8 Å². The van der Waals surface area contributed by atoms with Crippen molar-refractivity contribution >= 4 is 12.0 Å². The molecule has 0 radical (unpaired) electrons. The van der Waals surface area contributed by atoms with Gasteiger partial charge in [-0.2, -0.15) is 4.98 Å². The van der Waals surface area contributed by atoms with Gasteiger partial charge >= 0.3 is 12.0 Å². The minimum atomic E-state index is -0.939. The van der Waals surface area contributed by atoms with Gasteiger partial charge in [-0.1, -0.05) is 5.16 Å². The highest BCUT2D eigenvalue weighted by Crippen LogP contribution is 2.02. The number of hydrogen-bond acceptors (Lipinski definition) is 5. The maximum absolute atomic E-state index is 11.9. The number of urea groups is 1. The lowest BCUT2D eigenvalue weighted by Gasteiger charge is -2.26. The third-order valence-corrected chi connectivity index (χ3v) is 2.41. The molecule has 0 aliphatic heterocycles. The van der Waals surface area contributed by atoms with Crippen molar-refractivity contribution in [2.75, 3.05) is 6.54 Å². The van der Waals surface area contributed by atoms with Crippen LogP contribution in [0.1, 0.15) is 32.0 Å². The van der Waals surface area contributed by atoms with Crippen molar-refractivity contribution < 1.29 is 19.2 Å². The molecule has 1 aromatic heterocycles. The molecule has 0 atom stereocenters. The number of nitrogens with zero attached hydrogens (tertiary/aromatic N) is 3. The van der Waals surface area contributed by atoms with Crippen molar-refractivity contribution in [1.29, 1.82) is 0 Å². The largest absolute Gasteiger partial charge is 0.481 e. The molecule has 106 valence electrons. The molecule has 0 aliphatic rings. The smallest absolute Gasteiger partial charge is 0.318 e. The molecule has 0 aromatic carbocycles. The van der Waals surface area contributed by atoms with Gasteiger partial charge in [-0.3, -0.25) is 4.79 Å². The standard InChI is InChI=1S/C11H18N4O4/c1-7(2)15(5-4-10(16)17)11(18)12-6-9-13-8(3)14-19-9/h7H,4-6H2,1-3H3,(H,12,18)(H,16,17). The fourth-order valence-corrected chi connectivity index (χ4v) is 1.47. The zero-order chi connectivity index (χ0) is 14.4. The lowest BCUT2D eigenvalue weighted by Crippen LogP contribution is -2.44. The summed E-state index contributed by atoms with van der Waals surface area (Å²) in [5.74, 6) is -0.130. The van der Waals surface area contributed by atoms with E-state index in [-0.39, 0.29) is 31.6 Å². The number of carbonyl (C=O) groups is 2. The normalized spacial score (nSPS) is 10.5. The van der Waals surface area contributed by atoms with Crippen LogP contribution in [-0.4, -0.2) is 44.7 Å². The molecule has 0 saturated carbocycles. The molecule has 0 fully saturated rings. The molecule has 1 aromatic rings. The van der Waals surface area contributed by atoms with E-state index in [4.69, 9.17) is 9.63 Å². The fourth-order valence-electron chi connectivity index (χ4n) is 1.47. The van der Waals surface area contributed by atoms with Gasteiger partial charge in [-0.25, -0.2) is 4.79 Å². The van der Waals surface area contributed by atoms with Gasteiger partial charge in [0.05, 0.1) is 13.0 Å². The first-order chi connectivity index (χ1) is 8.90. The van der Waals surface area contributed by atoms with Crippen LogP contribution in [0.5, 0.6) is 0 Å². The van der Waals surface area contributed by atoms with E-state index in [9.17, 15) is 9.59 Å². The van der Waals surface area contributed by atoms with Crippen LogP contribution >= 0.6 is 0 Å². The molecule has 8 heteroatoms. The Balaban J connectivity index is 2.49. The summed E-state index contributed by atoms with van der Waals surface area (Å²) in [6, 6.07) is -0.448. The Bertz CT molecular complexity index is 444. The number of hydrogen-bond donors (Lipinski definition) is 2. The predicted octanol–water partition coefficient (Wildman–Crippen LogP) is 0.773. The van der Waals surface area contributed by atoms with Crippen molar-refractivity contribution in [2.45, 2.75) is 39.8 Å². The first-order valence-corrected chi connectivity index (χ1v) is 5.95. The first kappa shape index (κ1) is 14.9. The average Bonchev–Trinajstić information content (AvgIpc) is 2.72. The predicted molar refractivity (Wildman–Crippen MR) is 65.4 cm³/mol. The highest BCUT2D eigenvalue weighted by atomic mass is 16.5. The molecule has 2 N–H and O–H groups in total. The van der Waals surface area contributed by atoms with Crippen LogP contribution < -0.4 is 5.32 Å². The highest BCUT2D eigenvalue weighted by Gasteiger charge is 2.18. The number of aryl methyl sites for hydroxylation is 1. The van der Waals surface area contributed by atoms with Crippen molar-refractivity contribution in [3.05, 3.63) is 11.7 Å². The second kappa shape index (κ2) is 6.72. The van der Waals surface area contributed by atoms with Crippen LogP contribution in [0, 0.1) is 6.92 Å². The van der Waals surface area contributed by atoms with Crippen molar-refractivity contribution in [1.82, 2.24) is 20.4 Å². The molecule has 19 heavy (non-hydrogen) atoms. The van der Waals surface area contributed by atoms with Gasteiger partial charge < -0.3 is 19.8 Å². The van der Waals surface area contributed by atoms with Gasteiger partial charge in [0, 0.05) is 12.6 Å². The van der Waals surface area contributed by atoms with E-state index in [0.29, 0.717) is 11.7 Å². The van der Waals surface area contributed by atoms with Crippen molar-refractivity contribution in [3.8, 4) is 0 Å². The molecule has 0 spiro atoms. The van der Waals surface area contributed by atoms with Gasteiger partial charge in [0.2, 0.25) is 5.89 Å². The Hall–Kier alpha value is -2.12. The monoisotopic (exact) mass is 270 g/mol. The van der Waals surface area contributed by atoms with Gasteiger partial charge in [0.25, 0.3) is 0 Å². The summed E-state index contributed by atoms with van der Waals surface area (Å²) in [7, 11) is 0. The van der Waals surface area contributed by atoms with Crippen LogP contribution in [0.15, 0.2) is 4.52 Å². The minimum Gasteiger partial charge on any atom is -0.481 e. The summed E-state index contributed by atoms with van der Waals surface area (Å²) in [5, 5.41) is 14.9. The van der Waals surface area contributed by atoms with Crippen molar-refractivity contribution in [3.63, 3.8) is 0 Å². The SMILES string of the molecule is Cc1noc(CNC(=O)N(CCC(=O)O)C(C)C)n1. The molecule has 0 bridgehead atoms. The summed E-state index contributed by atoms with van der Waals surface area (Å²) in [5.41, 5.74) is 0.